The Balaban J connectivity index is 1.48. The summed E-state index contributed by atoms with van der Waals surface area (Å²) in [5, 5.41) is 11.3. The Morgan fingerprint density at radius 2 is 2.11 bits per heavy atom. The van der Waals surface area contributed by atoms with Crippen LogP contribution in [0.3, 0.4) is 0 Å². The highest BCUT2D eigenvalue weighted by Crippen LogP contribution is 2.35. The third kappa shape index (κ3) is 3.45. The Hall–Kier alpha value is -3.09. The molecular formula is C20H22N4O3. The fourth-order valence-electron chi connectivity index (χ4n) is 3.63. The van der Waals surface area contributed by atoms with E-state index in [1.54, 1.807) is 20.1 Å². The van der Waals surface area contributed by atoms with E-state index in [9.17, 15) is 4.79 Å². The second-order valence-corrected chi connectivity index (χ2v) is 6.82. The molecule has 3 heterocycles. The van der Waals surface area contributed by atoms with Gasteiger partial charge in [0.2, 0.25) is 0 Å². The summed E-state index contributed by atoms with van der Waals surface area (Å²) in [4.78, 5) is 14.4. The third-order valence-corrected chi connectivity index (χ3v) is 5.09. The van der Waals surface area contributed by atoms with Crippen molar-refractivity contribution >= 4 is 5.91 Å². The Bertz CT molecular complexity index is 938. The summed E-state index contributed by atoms with van der Waals surface area (Å²) in [5.74, 6) is 1.73. The lowest BCUT2D eigenvalue weighted by molar-refractivity contribution is 0.0701. The molecule has 7 heteroatoms. The Labute approximate surface area is 157 Å². The predicted molar refractivity (Wildman–Crippen MR) is 99.7 cm³/mol. The van der Waals surface area contributed by atoms with Crippen LogP contribution in [-0.4, -0.2) is 46.4 Å². The van der Waals surface area contributed by atoms with Crippen molar-refractivity contribution in [2.75, 3.05) is 20.2 Å². The predicted octanol–water partition coefficient (Wildman–Crippen LogP) is 3.40. The van der Waals surface area contributed by atoms with Gasteiger partial charge in [-0.25, -0.2) is 0 Å². The molecule has 1 aromatic carbocycles. The molecule has 1 N–H and O–H groups in total. The minimum atomic E-state index is -0.0667. The summed E-state index contributed by atoms with van der Waals surface area (Å²) in [6.45, 7) is 3.16. The number of H-pyrrole nitrogens is 1. The van der Waals surface area contributed by atoms with E-state index in [0.29, 0.717) is 30.5 Å². The number of carbonyl (C=O) groups excluding carboxylic acids is 1. The van der Waals surface area contributed by atoms with Crippen LogP contribution in [0.15, 0.2) is 41.1 Å². The third-order valence-electron chi connectivity index (χ3n) is 5.09. The van der Waals surface area contributed by atoms with E-state index in [1.165, 1.54) is 0 Å². The standard InChI is InChI=1S/C20H22N4O3/c1-13-10-18(23-27-13)20(25)24-8-6-14(7-9-24)19-17(12-21-22-19)15-4-3-5-16(11-15)26-2/h3-5,10-12,14H,6-9H2,1-2H3,(H,21,22). The number of methoxy groups -OCH3 is 1. The molecule has 1 fully saturated rings. The van der Waals surface area contributed by atoms with Gasteiger partial charge in [0.15, 0.2) is 5.69 Å². The summed E-state index contributed by atoms with van der Waals surface area (Å²) >= 11 is 0. The molecule has 0 unspecified atom stereocenters. The lowest BCUT2D eigenvalue weighted by Crippen LogP contribution is -2.38. The number of ether oxygens (including phenoxy) is 1. The Morgan fingerprint density at radius 1 is 1.30 bits per heavy atom. The summed E-state index contributed by atoms with van der Waals surface area (Å²) in [6.07, 6.45) is 3.61. The van der Waals surface area contributed by atoms with Gasteiger partial charge in [0.25, 0.3) is 5.91 Å². The number of carbonyl (C=O) groups is 1. The van der Waals surface area contributed by atoms with Crippen LogP contribution in [0.2, 0.25) is 0 Å². The van der Waals surface area contributed by atoms with E-state index in [0.717, 1.165) is 35.4 Å². The molecule has 0 saturated carbocycles. The highest BCUT2D eigenvalue weighted by atomic mass is 16.5. The molecule has 2 aromatic heterocycles. The molecular weight excluding hydrogens is 344 g/mol. The van der Waals surface area contributed by atoms with Crippen molar-refractivity contribution in [1.82, 2.24) is 20.3 Å². The first kappa shape index (κ1) is 17.3. The normalized spacial score (nSPS) is 15.1. The molecule has 1 saturated heterocycles. The van der Waals surface area contributed by atoms with E-state index in [-0.39, 0.29) is 5.91 Å². The van der Waals surface area contributed by atoms with Crippen LogP contribution in [0.25, 0.3) is 11.1 Å². The summed E-state index contributed by atoms with van der Waals surface area (Å²) < 4.78 is 10.4. The zero-order valence-electron chi connectivity index (χ0n) is 15.4. The van der Waals surface area contributed by atoms with Crippen LogP contribution >= 0.6 is 0 Å². The molecule has 0 aliphatic carbocycles. The van der Waals surface area contributed by atoms with Crippen LogP contribution < -0.4 is 4.74 Å². The van der Waals surface area contributed by atoms with Crippen LogP contribution in [0.5, 0.6) is 5.75 Å². The van der Waals surface area contributed by atoms with Gasteiger partial charge >= 0.3 is 0 Å². The molecule has 0 radical (unpaired) electrons. The number of piperidine rings is 1. The zero-order valence-corrected chi connectivity index (χ0v) is 15.4. The summed E-state index contributed by atoms with van der Waals surface area (Å²) in [5.41, 5.74) is 3.66. The quantitative estimate of drug-likeness (QED) is 0.765. The molecule has 4 rings (SSSR count). The number of aryl methyl sites for hydroxylation is 1. The summed E-state index contributed by atoms with van der Waals surface area (Å²) in [7, 11) is 1.67. The van der Waals surface area contributed by atoms with Crippen molar-refractivity contribution in [3.8, 4) is 16.9 Å². The largest absolute Gasteiger partial charge is 0.497 e. The van der Waals surface area contributed by atoms with E-state index >= 15 is 0 Å². The number of nitrogens with zero attached hydrogens (tertiary/aromatic N) is 3. The first-order valence-corrected chi connectivity index (χ1v) is 9.06. The van der Waals surface area contributed by atoms with Crippen molar-refractivity contribution in [3.05, 3.63) is 53.7 Å². The van der Waals surface area contributed by atoms with Crippen molar-refractivity contribution < 1.29 is 14.1 Å². The van der Waals surface area contributed by atoms with Gasteiger partial charge in [0, 0.05) is 36.3 Å². The van der Waals surface area contributed by atoms with Crippen molar-refractivity contribution in [2.24, 2.45) is 0 Å². The number of likely N-dealkylation sites (tertiary alicyclic amines) is 1. The monoisotopic (exact) mass is 366 g/mol. The zero-order chi connectivity index (χ0) is 18.8. The number of amides is 1. The lowest BCUT2D eigenvalue weighted by atomic mass is 9.89. The number of aromatic amines is 1. The minimum absolute atomic E-state index is 0.0667. The van der Waals surface area contributed by atoms with Crippen molar-refractivity contribution in [2.45, 2.75) is 25.7 Å². The van der Waals surface area contributed by atoms with Crippen LogP contribution in [-0.2, 0) is 0 Å². The van der Waals surface area contributed by atoms with Gasteiger partial charge in [-0.2, -0.15) is 5.10 Å². The second-order valence-electron chi connectivity index (χ2n) is 6.82. The molecule has 1 aliphatic heterocycles. The van der Waals surface area contributed by atoms with Crippen LogP contribution in [0.4, 0.5) is 0 Å². The number of rotatable bonds is 4. The van der Waals surface area contributed by atoms with Gasteiger partial charge in [0.05, 0.1) is 13.3 Å². The van der Waals surface area contributed by atoms with Gasteiger partial charge in [-0.1, -0.05) is 17.3 Å². The second kappa shape index (κ2) is 7.26. The van der Waals surface area contributed by atoms with E-state index in [2.05, 4.69) is 21.4 Å². The SMILES string of the molecule is COc1cccc(-c2cn[nH]c2C2CCN(C(=O)c3cc(C)on3)CC2)c1. The average molecular weight is 366 g/mol. The topological polar surface area (TPSA) is 84.2 Å². The number of aromatic nitrogens is 3. The number of benzene rings is 1. The smallest absolute Gasteiger partial charge is 0.276 e. The minimum Gasteiger partial charge on any atom is -0.497 e. The molecule has 0 bridgehead atoms. The van der Waals surface area contributed by atoms with Gasteiger partial charge in [-0.05, 0) is 37.5 Å². The molecule has 0 spiro atoms. The molecule has 0 atom stereocenters. The lowest BCUT2D eigenvalue weighted by Gasteiger charge is -2.31. The molecule has 3 aromatic rings. The average Bonchev–Trinajstić information content (AvgIpc) is 3.37. The van der Waals surface area contributed by atoms with E-state index in [1.807, 2.05) is 29.3 Å². The highest BCUT2D eigenvalue weighted by Gasteiger charge is 2.28. The van der Waals surface area contributed by atoms with Crippen LogP contribution in [0, 0.1) is 6.92 Å². The highest BCUT2D eigenvalue weighted by molar-refractivity contribution is 5.92. The Kier molecular flexibility index (Phi) is 4.66. The number of hydrogen-bond donors (Lipinski definition) is 1. The molecule has 1 aliphatic rings. The van der Waals surface area contributed by atoms with Crippen molar-refractivity contribution in [3.63, 3.8) is 0 Å². The maximum atomic E-state index is 12.5. The maximum absolute atomic E-state index is 12.5. The van der Waals surface area contributed by atoms with E-state index < -0.39 is 0 Å². The first-order valence-electron chi connectivity index (χ1n) is 9.06. The molecule has 1 amide bonds. The maximum Gasteiger partial charge on any atom is 0.276 e. The number of nitrogens with one attached hydrogen (secondary N) is 1. The Morgan fingerprint density at radius 3 is 2.81 bits per heavy atom. The fourth-order valence-corrected chi connectivity index (χ4v) is 3.63. The molecule has 7 nitrogen and oxygen atoms in total. The summed E-state index contributed by atoms with van der Waals surface area (Å²) in [6, 6.07) is 9.66. The molecule has 27 heavy (non-hydrogen) atoms. The fraction of sp³-hybridized carbons (Fsp3) is 0.350. The molecule has 140 valence electrons. The van der Waals surface area contributed by atoms with Crippen molar-refractivity contribution in [1.29, 1.82) is 0 Å². The van der Waals surface area contributed by atoms with Gasteiger partial charge < -0.3 is 14.2 Å². The first-order chi connectivity index (χ1) is 13.2. The van der Waals surface area contributed by atoms with Gasteiger partial charge in [0.1, 0.15) is 11.5 Å². The van der Waals surface area contributed by atoms with Crippen LogP contribution in [0.1, 0.15) is 40.7 Å². The van der Waals surface area contributed by atoms with E-state index in [4.69, 9.17) is 9.26 Å². The van der Waals surface area contributed by atoms with Gasteiger partial charge in [-0.3, -0.25) is 9.89 Å². The number of hydrogen-bond acceptors (Lipinski definition) is 5. The van der Waals surface area contributed by atoms with Gasteiger partial charge in [-0.15, -0.1) is 0 Å².